The lowest BCUT2D eigenvalue weighted by molar-refractivity contribution is -0.116. The van der Waals surface area contributed by atoms with Gasteiger partial charge in [-0.2, -0.15) is 5.10 Å². The largest absolute Gasteiger partial charge is 0.486 e. The van der Waals surface area contributed by atoms with Gasteiger partial charge in [-0.3, -0.25) is 4.79 Å². The molecule has 0 bridgehead atoms. The Kier molecular flexibility index (Phi) is 5.67. The molecule has 1 heterocycles. The van der Waals surface area contributed by atoms with E-state index >= 15 is 0 Å². The van der Waals surface area contributed by atoms with E-state index in [1.165, 1.54) is 30.1 Å². The van der Waals surface area contributed by atoms with Gasteiger partial charge in [-0.15, -0.1) is 5.10 Å². The number of nitrogens with one attached hydrogen (secondary N) is 1. The molecule has 0 aromatic heterocycles. The summed E-state index contributed by atoms with van der Waals surface area (Å²) in [6.45, 7) is 0.175. The fourth-order valence-corrected chi connectivity index (χ4v) is 2.83. The fraction of sp³-hybridized carbons (Fsp3) is 0.118. The summed E-state index contributed by atoms with van der Waals surface area (Å²) in [6, 6.07) is 11.7. The molecule has 1 fully saturated rings. The smallest absolute Gasteiger partial charge is 0.236 e. The van der Waals surface area contributed by atoms with Crippen LogP contribution in [0.4, 0.5) is 4.39 Å². The number of rotatable bonds is 5. The lowest BCUT2D eigenvalue weighted by atomic mass is 10.2. The van der Waals surface area contributed by atoms with Crippen molar-refractivity contribution in [1.82, 2.24) is 5.32 Å². The lowest BCUT2D eigenvalue weighted by Gasteiger charge is -2.08. The molecule has 0 aliphatic carbocycles. The summed E-state index contributed by atoms with van der Waals surface area (Å²) in [5, 5.41) is 11.2. The number of thioether (sulfide) groups is 1. The van der Waals surface area contributed by atoms with E-state index in [-0.39, 0.29) is 18.3 Å². The standard InChI is InChI=1S/C17H13ClFN3O2S/c18-13-4-2-1-3-12(13)9-24-15-6-5-11(7-14(15)19)8-20-22-17-21-16(23)10-25-17/h1-8H,9-10H2,(H,21,22,23). The van der Waals surface area contributed by atoms with E-state index in [2.05, 4.69) is 15.5 Å². The molecule has 1 aliphatic rings. The van der Waals surface area contributed by atoms with Crippen LogP contribution in [0, 0.1) is 5.82 Å². The highest BCUT2D eigenvalue weighted by atomic mass is 35.5. The summed E-state index contributed by atoms with van der Waals surface area (Å²) < 4.78 is 19.6. The molecule has 3 rings (SSSR count). The minimum Gasteiger partial charge on any atom is -0.486 e. The van der Waals surface area contributed by atoms with Crippen molar-refractivity contribution in [3.8, 4) is 5.75 Å². The van der Waals surface area contributed by atoms with E-state index in [9.17, 15) is 9.18 Å². The summed E-state index contributed by atoms with van der Waals surface area (Å²) in [7, 11) is 0. The van der Waals surface area contributed by atoms with Crippen LogP contribution in [0.5, 0.6) is 5.75 Å². The molecule has 0 saturated carbocycles. The van der Waals surface area contributed by atoms with Gasteiger partial charge in [0.25, 0.3) is 0 Å². The fourth-order valence-electron chi connectivity index (χ4n) is 2.01. The second kappa shape index (κ2) is 8.13. The van der Waals surface area contributed by atoms with E-state index in [0.717, 1.165) is 5.56 Å². The first kappa shape index (κ1) is 17.4. The molecule has 1 N–H and O–H groups in total. The quantitative estimate of drug-likeness (QED) is 0.639. The summed E-state index contributed by atoms with van der Waals surface area (Å²) >= 11 is 7.31. The summed E-state index contributed by atoms with van der Waals surface area (Å²) in [5.41, 5.74) is 1.31. The average molecular weight is 378 g/mol. The van der Waals surface area contributed by atoms with Gasteiger partial charge in [0.05, 0.1) is 12.0 Å². The first-order valence-electron chi connectivity index (χ1n) is 7.31. The maximum Gasteiger partial charge on any atom is 0.236 e. The van der Waals surface area contributed by atoms with Gasteiger partial charge in [0.1, 0.15) is 6.61 Å². The molecule has 0 atom stereocenters. The maximum absolute atomic E-state index is 14.1. The topological polar surface area (TPSA) is 63.0 Å². The Bertz CT molecular complexity index is 858. The van der Waals surface area contributed by atoms with E-state index < -0.39 is 5.82 Å². The van der Waals surface area contributed by atoms with Crippen molar-refractivity contribution in [2.45, 2.75) is 6.61 Å². The second-order valence-corrected chi connectivity index (χ2v) is 6.43. The van der Waals surface area contributed by atoms with Crippen molar-refractivity contribution in [1.29, 1.82) is 0 Å². The lowest BCUT2D eigenvalue weighted by Crippen LogP contribution is -2.19. The van der Waals surface area contributed by atoms with E-state index in [1.807, 2.05) is 18.2 Å². The zero-order valence-corrected chi connectivity index (χ0v) is 14.5. The Hall–Kier alpha value is -2.38. The Balaban J connectivity index is 1.62. The van der Waals surface area contributed by atoms with Gasteiger partial charge < -0.3 is 10.1 Å². The molecule has 1 amide bonds. The van der Waals surface area contributed by atoms with Crippen molar-refractivity contribution in [2.75, 3.05) is 5.75 Å². The number of amides is 1. The molecule has 0 unspecified atom stereocenters. The average Bonchev–Trinajstić information content (AvgIpc) is 3.01. The minimum atomic E-state index is -0.507. The molecule has 0 spiro atoms. The number of carbonyl (C=O) groups excluding carboxylic acids is 1. The van der Waals surface area contributed by atoms with Crippen molar-refractivity contribution in [3.05, 3.63) is 64.4 Å². The molecular weight excluding hydrogens is 365 g/mol. The minimum absolute atomic E-state index is 0.106. The third kappa shape index (κ3) is 4.80. The number of nitrogens with zero attached hydrogens (tertiary/aromatic N) is 2. The molecule has 1 saturated heterocycles. The normalized spacial score (nSPS) is 15.8. The monoisotopic (exact) mass is 377 g/mol. The van der Waals surface area contributed by atoms with Crippen LogP contribution in [0.1, 0.15) is 11.1 Å². The van der Waals surface area contributed by atoms with Gasteiger partial charge in [0.15, 0.2) is 16.7 Å². The van der Waals surface area contributed by atoms with Crippen LogP contribution >= 0.6 is 23.4 Å². The number of benzene rings is 2. The highest BCUT2D eigenvalue weighted by Gasteiger charge is 2.15. The van der Waals surface area contributed by atoms with Crippen molar-refractivity contribution >= 4 is 40.7 Å². The molecule has 8 heteroatoms. The predicted octanol–water partition coefficient (Wildman–Crippen LogP) is 3.61. The van der Waals surface area contributed by atoms with Gasteiger partial charge in [0, 0.05) is 10.6 Å². The molecular formula is C17H13ClFN3O2S. The van der Waals surface area contributed by atoms with Crippen LogP contribution in [0.2, 0.25) is 5.02 Å². The maximum atomic E-state index is 14.1. The predicted molar refractivity (Wildman–Crippen MR) is 97.8 cm³/mol. The summed E-state index contributed by atoms with van der Waals surface area (Å²) in [4.78, 5) is 11.0. The first-order chi connectivity index (χ1) is 12.1. The highest BCUT2D eigenvalue weighted by Crippen LogP contribution is 2.21. The van der Waals surface area contributed by atoms with Crippen molar-refractivity contribution in [3.63, 3.8) is 0 Å². The summed E-state index contributed by atoms with van der Waals surface area (Å²) in [6.07, 6.45) is 1.40. The second-order valence-electron chi connectivity index (χ2n) is 5.06. The summed E-state index contributed by atoms with van der Waals surface area (Å²) in [5.74, 6) is -0.153. The van der Waals surface area contributed by atoms with Gasteiger partial charge in [0.2, 0.25) is 5.91 Å². The SMILES string of the molecule is O=C1CSC(=NN=Cc2ccc(OCc3ccccc3Cl)c(F)c2)N1. The molecule has 2 aromatic rings. The van der Waals surface area contributed by atoms with Crippen LogP contribution < -0.4 is 10.1 Å². The van der Waals surface area contributed by atoms with E-state index in [0.29, 0.717) is 21.5 Å². The van der Waals surface area contributed by atoms with Crippen LogP contribution in [0.15, 0.2) is 52.7 Å². The van der Waals surface area contributed by atoms with Crippen LogP contribution in [-0.2, 0) is 11.4 Å². The molecule has 0 radical (unpaired) electrons. The zero-order chi connectivity index (χ0) is 17.6. The van der Waals surface area contributed by atoms with Crippen LogP contribution in [0.3, 0.4) is 0 Å². The van der Waals surface area contributed by atoms with Gasteiger partial charge in [-0.25, -0.2) is 4.39 Å². The molecule has 25 heavy (non-hydrogen) atoms. The van der Waals surface area contributed by atoms with Gasteiger partial charge in [-0.1, -0.05) is 41.6 Å². The molecule has 5 nitrogen and oxygen atoms in total. The Morgan fingerprint density at radius 1 is 1.32 bits per heavy atom. The van der Waals surface area contributed by atoms with Crippen molar-refractivity contribution in [2.24, 2.45) is 10.2 Å². The molecule has 1 aliphatic heterocycles. The first-order valence-corrected chi connectivity index (χ1v) is 8.67. The number of halogens is 2. The van der Waals surface area contributed by atoms with Gasteiger partial charge >= 0.3 is 0 Å². The third-order valence-corrected chi connectivity index (χ3v) is 4.47. The number of carbonyl (C=O) groups is 1. The van der Waals surface area contributed by atoms with Crippen LogP contribution in [-0.4, -0.2) is 23.0 Å². The molecule has 2 aromatic carbocycles. The van der Waals surface area contributed by atoms with Crippen molar-refractivity contribution < 1.29 is 13.9 Å². The number of hydrogen-bond acceptors (Lipinski definition) is 5. The Morgan fingerprint density at radius 2 is 2.16 bits per heavy atom. The van der Waals surface area contributed by atoms with Crippen LogP contribution in [0.25, 0.3) is 0 Å². The van der Waals surface area contributed by atoms with E-state index in [4.69, 9.17) is 16.3 Å². The molecule has 128 valence electrons. The van der Waals surface area contributed by atoms with Gasteiger partial charge in [-0.05, 0) is 29.8 Å². The van der Waals surface area contributed by atoms with E-state index in [1.54, 1.807) is 12.1 Å². The zero-order valence-electron chi connectivity index (χ0n) is 12.9. The number of amidine groups is 1. The highest BCUT2D eigenvalue weighted by molar-refractivity contribution is 8.15. The third-order valence-electron chi connectivity index (χ3n) is 3.24. The number of hydrogen-bond donors (Lipinski definition) is 1. The number of ether oxygens (including phenoxy) is 1. The Labute approximate surface area is 152 Å². The Morgan fingerprint density at radius 3 is 2.88 bits per heavy atom.